The van der Waals surface area contributed by atoms with Crippen LogP contribution in [0, 0.1) is 0 Å². The van der Waals surface area contributed by atoms with Crippen molar-refractivity contribution >= 4 is 22.7 Å². The van der Waals surface area contributed by atoms with E-state index in [0.717, 1.165) is 11.0 Å². The van der Waals surface area contributed by atoms with Gasteiger partial charge in [0.1, 0.15) is 6.54 Å². The molecule has 3 rings (SSSR count). The van der Waals surface area contributed by atoms with Gasteiger partial charge in [-0.05, 0) is 39.8 Å². The molecule has 3 aromatic rings. The quantitative estimate of drug-likeness (QED) is 0.632. The highest BCUT2D eigenvalue weighted by molar-refractivity contribution is 5.81. The van der Waals surface area contributed by atoms with Gasteiger partial charge >= 0.3 is 5.69 Å². The third-order valence-electron chi connectivity index (χ3n) is 4.68. The summed E-state index contributed by atoms with van der Waals surface area (Å²) in [6, 6.07) is 7.76. The first-order valence-electron chi connectivity index (χ1n) is 9.23. The van der Waals surface area contributed by atoms with Gasteiger partial charge in [-0.1, -0.05) is 12.1 Å². The highest BCUT2D eigenvalue weighted by atomic mass is 16.5. The predicted molar refractivity (Wildman–Crippen MR) is 104 cm³/mol. The number of nitrogens with zero attached hydrogens (tertiary/aromatic N) is 5. The van der Waals surface area contributed by atoms with Gasteiger partial charge in [0.15, 0.2) is 0 Å². The highest BCUT2D eigenvalue weighted by Crippen LogP contribution is 2.18. The lowest BCUT2D eigenvalue weighted by Gasteiger charge is -2.30. The van der Waals surface area contributed by atoms with Gasteiger partial charge in [-0.2, -0.15) is 0 Å². The smallest absolute Gasteiger partial charge is 0.352 e. The molecule has 0 aliphatic rings. The van der Waals surface area contributed by atoms with Crippen LogP contribution >= 0.6 is 0 Å². The van der Waals surface area contributed by atoms with E-state index in [-0.39, 0.29) is 30.2 Å². The van der Waals surface area contributed by atoms with Crippen molar-refractivity contribution in [3.63, 3.8) is 0 Å². The Morgan fingerprint density at radius 3 is 2.37 bits per heavy atom. The molecule has 1 amide bonds. The second kappa shape index (κ2) is 7.56. The molecule has 8 nitrogen and oxygen atoms in total. The van der Waals surface area contributed by atoms with Crippen LogP contribution in [0.5, 0.6) is 0 Å². The van der Waals surface area contributed by atoms with Crippen molar-refractivity contribution in [2.45, 2.75) is 52.9 Å². The fourth-order valence-corrected chi connectivity index (χ4v) is 3.66. The van der Waals surface area contributed by atoms with E-state index in [9.17, 15) is 9.59 Å². The maximum atomic E-state index is 13.0. The van der Waals surface area contributed by atoms with Gasteiger partial charge in [0.05, 0.1) is 17.6 Å². The topological polar surface area (TPSA) is 73.8 Å². The number of ether oxygens (including phenoxy) is 1. The van der Waals surface area contributed by atoms with Gasteiger partial charge in [0, 0.05) is 25.7 Å². The van der Waals surface area contributed by atoms with Gasteiger partial charge in [-0.25, -0.2) is 13.9 Å². The molecule has 0 N–H and O–H groups in total. The minimum Gasteiger partial charge on any atom is -0.383 e. The van der Waals surface area contributed by atoms with Crippen LogP contribution in [0.25, 0.3) is 16.8 Å². The molecular formula is C19H27N5O3. The van der Waals surface area contributed by atoms with E-state index in [4.69, 9.17) is 4.74 Å². The van der Waals surface area contributed by atoms with Gasteiger partial charge in [0.2, 0.25) is 11.7 Å². The average molecular weight is 373 g/mol. The number of methoxy groups -OCH3 is 1. The zero-order valence-corrected chi connectivity index (χ0v) is 16.5. The molecule has 0 unspecified atom stereocenters. The van der Waals surface area contributed by atoms with Crippen molar-refractivity contribution in [1.82, 2.24) is 23.6 Å². The summed E-state index contributed by atoms with van der Waals surface area (Å²) in [5.41, 5.74) is 1.38. The van der Waals surface area contributed by atoms with E-state index in [2.05, 4.69) is 5.10 Å². The fourth-order valence-electron chi connectivity index (χ4n) is 3.66. The van der Waals surface area contributed by atoms with Crippen molar-refractivity contribution in [2.75, 3.05) is 13.7 Å². The van der Waals surface area contributed by atoms with Crippen LogP contribution in [-0.2, 0) is 22.6 Å². The number of imidazole rings is 1. The van der Waals surface area contributed by atoms with Crippen LogP contribution in [-0.4, -0.2) is 55.4 Å². The number of fused-ring (bicyclic) bond motifs is 3. The summed E-state index contributed by atoms with van der Waals surface area (Å²) in [5, 5.41) is 4.47. The van der Waals surface area contributed by atoms with E-state index in [1.807, 2.05) is 56.5 Å². The SMILES string of the molecule is COCCn1c2ccccc2n2c(=O)n(CC(=O)N(C(C)C)C(C)C)nc12. The Balaban J connectivity index is 2.07. The summed E-state index contributed by atoms with van der Waals surface area (Å²) >= 11 is 0. The molecule has 0 aliphatic carbocycles. The Bertz CT molecular complexity index is 1000. The van der Waals surface area contributed by atoms with Crippen LogP contribution in [0.15, 0.2) is 29.1 Å². The zero-order chi connectivity index (χ0) is 19.7. The first kappa shape index (κ1) is 19.2. The summed E-state index contributed by atoms with van der Waals surface area (Å²) in [4.78, 5) is 27.5. The number of carbonyl (C=O) groups excluding carboxylic acids is 1. The van der Waals surface area contributed by atoms with Gasteiger partial charge in [0.25, 0.3) is 0 Å². The molecule has 0 radical (unpaired) electrons. The third-order valence-corrected chi connectivity index (χ3v) is 4.68. The first-order valence-corrected chi connectivity index (χ1v) is 9.23. The van der Waals surface area contributed by atoms with Crippen LogP contribution in [0.2, 0.25) is 0 Å². The summed E-state index contributed by atoms with van der Waals surface area (Å²) < 4.78 is 9.96. The molecule has 0 saturated heterocycles. The number of aromatic nitrogens is 4. The van der Waals surface area contributed by atoms with Gasteiger partial charge < -0.3 is 14.2 Å². The number of benzene rings is 1. The molecule has 0 fully saturated rings. The second-order valence-corrected chi connectivity index (χ2v) is 7.20. The largest absolute Gasteiger partial charge is 0.383 e. The minimum atomic E-state index is -0.307. The monoisotopic (exact) mass is 373 g/mol. The molecule has 2 heterocycles. The number of hydrogen-bond acceptors (Lipinski definition) is 4. The Morgan fingerprint density at radius 2 is 1.78 bits per heavy atom. The molecule has 0 aliphatic heterocycles. The second-order valence-electron chi connectivity index (χ2n) is 7.20. The number of amides is 1. The molecular weight excluding hydrogens is 346 g/mol. The Morgan fingerprint density at radius 1 is 1.15 bits per heavy atom. The summed E-state index contributed by atoms with van der Waals surface area (Å²) in [7, 11) is 1.64. The lowest BCUT2D eigenvalue weighted by atomic mass is 10.2. The molecule has 0 saturated carbocycles. The van der Waals surface area contributed by atoms with Crippen molar-refractivity contribution in [3.05, 3.63) is 34.7 Å². The zero-order valence-electron chi connectivity index (χ0n) is 16.5. The summed E-state index contributed by atoms with van der Waals surface area (Å²) in [6.07, 6.45) is 0. The molecule has 27 heavy (non-hydrogen) atoms. The molecule has 2 aromatic heterocycles. The first-order chi connectivity index (χ1) is 12.9. The van der Waals surface area contributed by atoms with Gasteiger partial charge in [-0.3, -0.25) is 4.79 Å². The molecule has 0 spiro atoms. The normalized spacial score (nSPS) is 12.0. The number of para-hydroxylation sites is 2. The molecule has 146 valence electrons. The maximum Gasteiger partial charge on any atom is 0.352 e. The number of hydrogen-bond donors (Lipinski definition) is 0. The lowest BCUT2D eigenvalue weighted by Crippen LogP contribution is -2.45. The van der Waals surface area contributed by atoms with Crippen LogP contribution in [0.4, 0.5) is 0 Å². The number of rotatable bonds is 7. The molecule has 1 aromatic carbocycles. The van der Waals surface area contributed by atoms with E-state index >= 15 is 0 Å². The van der Waals surface area contributed by atoms with Crippen LogP contribution in [0.3, 0.4) is 0 Å². The maximum absolute atomic E-state index is 13.0. The lowest BCUT2D eigenvalue weighted by molar-refractivity contribution is -0.135. The van der Waals surface area contributed by atoms with E-state index in [1.165, 1.54) is 4.68 Å². The molecule has 0 bridgehead atoms. The average Bonchev–Trinajstić information content (AvgIpc) is 3.07. The van der Waals surface area contributed by atoms with Crippen LogP contribution < -0.4 is 5.69 Å². The minimum absolute atomic E-state index is 0.0570. The predicted octanol–water partition coefficient (Wildman–Crippen LogP) is 1.74. The molecule has 8 heteroatoms. The Kier molecular flexibility index (Phi) is 5.36. The van der Waals surface area contributed by atoms with E-state index in [0.29, 0.717) is 18.9 Å². The van der Waals surface area contributed by atoms with Crippen molar-refractivity contribution in [3.8, 4) is 0 Å². The molecule has 0 atom stereocenters. The van der Waals surface area contributed by atoms with Crippen LogP contribution in [0.1, 0.15) is 27.7 Å². The van der Waals surface area contributed by atoms with Gasteiger partial charge in [-0.15, -0.1) is 5.10 Å². The van der Waals surface area contributed by atoms with Crippen molar-refractivity contribution in [1.29, 1.82) is 0 Å². The third kappa shape index (κ3) is 3.37. The summed E-state index contributed by atoms with van der Waals surface area (Å²) in [5.74, 6) is 0.405. The fraction of sp³-hybridized carbons (Fsp3) is 0.526. The van der Waals surface area contributed by atoms with Crippen molar-refractivity contribution < 1.29 is 9.53 Å². The Hall–Kier alpha value is -2.61. The van der Waals surface area contributed by atoms with Crippen molar-refractivity contribution in [2.24, 2.45) is 0 Å². The Labute approximate surface area is 157 Å². The van der Waals surface area contributed by atoms with E-state index < -0.39 is 0 Å². The van der Waals surface area contributed by atoms with E-state index in [1.54, 1.807) is 16.4 Å². The highest BCUT2D eigenvalue weighted by Gasteiger charge is 2.23. The standard InChI is InChI=1S/C19H27N5O3/c1-13(2)23(14(3)4)17(25)12-22-19(26)24-16-9-7-6-8-15(16)21(10-11-27-5)18(24)20-22/h6-9,13-14H,10-12H2,1-5H3. The summed E-state index contributed by atoms with van der Waals surface area (Å²) in [6.45, 7) is 8.88. The number of carbonyl (C=O) groups is 1.